The largest absolute Gasteiger partial charge is 0.440 e. The van der Waals surface area contributed by atoms with Crippen molar-refractivity contribution < 1.29 is 4.42 Å². The highest BCUT2D eigenvalue weighted by Gasteiger charge is 2.26. The van der Waals surface area contributed by atoms with Crippen LogP contribution in [0.4, 0.5) is 5.82 Å². The molecule has 1 aliphatic rings. The summed E-state index contributed by atoms with van der Waals surface area (Å²) in [5.74, 6) is 2.31. The van der Waals surface area contributed by atoms with E-state index < -0.39 is 0 Å². The molecule has 0 unspecified atom stereocenters. The standard InChI is InChI=1S/C18H16N4OS/c1-2-4-15-14(3-1)21-17(23-15)12-5-8-22(9-6-12)16-13-7-10-24-18(13)20-11-19-16/h1-4,7,10-12H,5-6,8-9H2. The number of nitrogens with zero attached hydrogens (tertiary/aromatic N) is 4. The van der Waals surface area contributed by atoms with Crippen molar-refractivity contribution in [1.29, 1.82) is 0 Å². The summed E-state index contributed by atoms with van der Waals surface area (Å²) in [6.45, 7) is 1.93. The first-order valence-corrected chi connectivity index (χ1v) is 9.05. The minimum atomic E-state index is 0.383. The lowest BCUT2D eigenvalue weighted by Gasteiger charge is -2.31. The van der Waals surface area contributed by atoms with E-state index in [1.165, 1.54) is 0 Å². The van der Waals surface area contributed by atoms with Gasteiger partial charge in [-0.3, -0.25) is 0 Å². The van der Waals surface area contributed by atoms with Gasteiger partial charge in [0.25, 0.3) is 0 Å². The average molecular weight is 336 g/mol. The molecule has 6 heteroatoms. The fraction of sp³-hybridized carbons (Fsp3) is 0.278. The van der Waals surface area contributed by atoms with Gasteiger partial charge in [-0.05, 0) is 36.4 Å². The van der Waals surface area contributed by atoms with E-state index in [0.29, 0.717) is 5.92 Å². The SMILES string of the molecule is c1ccc2oc(C3CCN(c4ncnc5sccc45)CC3)nc2c1. The summed E-state index contributed by atoms with van der Waals surface area (Å²) < 4.78 is 5.95. The Hall–Kier alpha value is -2.47. The molecular weight excluding hydrogens is 320 g/mol. The Kier molecular flexibility index (Phi) is 3.23. The van der Waals surface area contributed by atoms with Crippen LogP contribution >= 0.6 is 11.3 Å². The van der Waals surface area contributed by atoms with Crippen LogP contribution in [0.1, 0.15) is 24.7 Å². The van der Waals surface area contributed by atoms with Crippen LogP contribution in [0.2, 0.25) is 0 Å². The van der Waals surface area contributed by atoms with Crippen LogP contribution in [-0.4, -0.2) is 28.0 Å². The molecule has 1 saturated heterocycles. The van der Waals surface area contributed by atoms with Crippen molar-refractivity contribution in [3.8, 4) is 0 Å². The smallest absolute Gasteiger partial charge is 0.198 e. The molecule has 0 radical (unpaired) electrons. The molecule has 1 aromatic carbocycles. The maximum absolute atomic E-state index is 5.95. The number of piperidine rings is 1. The van der Waals surface area contributed by atoms with Crippen LogP contribution in [-0.2, 0) is 0 Å². The topological polar surface area (TPSA) is 55.1 Å². The fourth-order valence-electron chi connectivity index (χ4n) is 3.43. The van der Waals surface area contributed by atoms with Gasteiger partial charge in [0.2, 0.25) is 0 Å². The van der Waals surface area contributed by atoms with Gasteiger partial charge in [-0.15, -0.1) is 11.3 Å². The third kappa shape index (κ3) is 2.26. The molecule has 5 rings (SSSR count). The predicted molar refractivity (Wildman–Crippen MR) is 95.6 cm³/mol. The third-order valence-corrected chi connectivity index (χ3v) is 5.52. The second-order valence-corrected chi connectivity index (χ2v) is 7.01. The Bertz CT molecular complexity index is 967. The number of aromatic nitrogens is 3. The summed E-state index contributed by atoms with van der Waals surface area (Å²) in [6.07, 6.45) is 3.73. The normalized spacial score (nSPS) is 16.2. The van der Waals surface area contributed by atoms with Gasteiger partial charge in [0.15, 0.2) is 11.5 Å². The van der Waals surface area contributed by atoms with Crippen molar-refractivity contribution in [2.45, 2.75) is 18.8 Å². The van der Waals surface area contributed by atoms with E-state index in [1.54, 1.807) is 17.7 Å². The first-order valence-electron chi connectivity index (χ1n) is 8.17. The molecule has 24 heavy (non-hydrogen) atoms. The minimum absolute atomic E-state index is 0.383. The van der Waals surface area contributed by atoms with E-state index in [1.807, 2.05) is 24.3 Å². The third-order valence-electron chi connectivity index (χ3n) is 4.69. The lowest BCUT2D eigenvalue weighted by molar-refractivity contribution is 0.407. The van der Waals surface area contributed by atoms with Crippen molar-refractivity contribution in [1.82, 2.24) is 15.0 Å². The Morgan fingerprint density at radius 1 is 1.08 bits per heavy atom. The highest BCUT2D eigenvalue weighted by molar-refractivity contribution is 7.16. The summed E-state index contributed by atoms with van der Waals surface area (Å²) in [4.78, 5) is 16.9. The van der Waals surface area contributed by atoms with Gasteiger partial charge in [0.1, 0.15) is 22.5 Å². The summed E-state index contributed by atoms with van der Waals surface area (Å²) in [6, 6.07) is 10.1. The number of hydrogen-bond donors (Lipinski definition) is 0. The van der Waals surface area contributed by atoms with Gasteiger partial charge in [0, 0.05) is 19.0 Å². The van der Waals surface area contributed by atoms with Crippen LogP contribution in [0.25, 0.3) is 21.3 Å². The Morgan fingerprint density at radius 3 is 2.83 bits per heavy atom. The second kappa shape index (κ2) is 5.56. The molecule has 0 saturated carbocycles. The average Bonchev–Trinajstić information content (AvgIpc) is 3.28. The Morgan fingerprint density at radius 2 is 1.96 bits per heavy atom. The maximum atomic E-state index is 5.95. The molecule has 0 atom stereocenters. The zero-order valence-corrected chi connectivity index (χ0v) is 13.9. The molecule has 0 N–H and O–H groups in total. The Labute approximate surface area is 143 Å². The minimum Gasteiger partial charge on any atom is -0.440 e. The number of para-hydroxylation sites is 2. The second-order valence-electron chi connectivity index (χ2n) is 6.12. The van der Waals surface area contributed by atoms with E-state index in [4.69, 9.17) is 4.42 Å². The lowest BCUT2D eigenvalue weighted by atomic mass is 9.96. The number of thiophene rings is 1. The molecule has 0 aliphatic carbocycles. The van der Waals surface area contributed by atoms with Crippen molar-refractivity contribution in [3.63, 3.8) is 0 Å². The molecule has 120 valence electrons. The molecular formula is C18H16N4OS. The van der Waals surface area contributed by atoms with E-state index in [0.717, 1.165) is 59.0 Å². The van der Waals surface area contributed by atoms with Crippen molar-refractivity contribution >= 4 is 38.5 Å². The number of benzene rings is 1. The first kappa shape index (κ1) is 13.9. The highest BCUT2D eigenvalue weighted by Crippen LogP contribution is 2.34. The van der Waals surface area contributed by atoms with E-state index in [-0.39, 0.29) is 0 Å². The van der Waals surface area contributed by atoms with E-state index in [9.17, 15) is 0 Å². The quantitative estimate of drug-likeness (QED) is 0.549. The molecule has 3 aromatic heterocycles. The molecule has 4 heterocycles. The monoisotopic (exact) mass is 336 g/mol. The zero-order chi connectivity index (χ0) is 15.9. The summed E-state index contributed by atoms with van der Waals surface area (Å²) in [5.41, 5.74) is 1.83. The van der Waals surface area contributed by atoms with Gasteiger partial charge < -0.3 is 9.32 Å². The molecule has 1 fully saturated rings. The molecule has 0 spiro atoms. The van der Waals surface area contributed by atoms with E-state index >= 15 is 0 Å². The van der Waals surface area contributed by atoms with Gasteiger partial charge >= 0.3 is 0 Å². The molecule has 4 aromatic rings. The van der Waals surface area contributed by atoms with Crippen LogP contribution in [0, 0.1) is 0 Å². The number of oxazole rings is 1. The van der Waals surface area contributed by atoms with Crippen LogP contribution in [0.15, 0.2) is 46.5 Å². The van der Waals surface area contributed by atoms with Crippen LogP contribution in [0.5, 0.6) is 0 Å². The lowest BCUT2D eigenvalue weighted by Crippen LogP contribution is -2.33. The summed E-state index contributed by atoms with van der Waals surface area (Å²) >= 11 is 1.66. The first-order chi connectivity index (χ1) is 11.9. The van der Waals surface area contributed by atoms with Gasteiger partial charge in [0.05, 0.1) is 5.39 Å². The van der Waals surface area contributed by atoms with Crippen molar-refractivity contribution in [2.75, 3.05) is 18.0 Å². The Balaban J connectivity index is 1.38. The van der Waals surface area contributed by atoms with E-state index in [2.05, 4.69) is 31.3 Å². The molecule has 5 nitrogen and oxygen atoms in total. The molecule has 1 aliphatic heterocycles. The number of hydrogen-bond acceptors (Lipinski definition) is 6. The number of anilines is 1. The predicted octanol–water partition coefficient (Wildman–Crippen LogP) is 4.22. The van der Waals surface area contributed by atoms with Crippen LogP contribution in [0.3, 0.4) is 0 Å². The van der Waals surface area contributed by atoms with Crippen molar-refractivity contribution in [2.24, 2.45) is 0 Å². The summed E-state index contributed by atoms with van der Waals surface area (Å²) in [5, 5.41) is 3.23. The van der Waals surface area contributed by atoms with Crippen LogP contribution < -0.4 is 4.90 Å². The summed E-state index contributed by atoms with van der Waals surface area (Å²) in [7, 11) is 0. The van der Waals surface area contributed by atoms with Gasteiger partial charge in [-0.2, -0.15) is 0 Å². The van der Waals surface area contributed by atoms with Gasteiger partial charge in [-0.25, -0.2) is 15.0 Å². The zero-order valence-electron chi connectivity index (χ0n) is 13.1. The number of fused-ring (bicyclic) bond motifs is 2. The molecule has 0 amide bonds. The fourth-order valence-corrected chi connectivity index (χ4v) is 4.16. The maximum Gasteiger partial charge on any atom is 0.198 e. The van der Waals surface area contributed by atoms with Gasteiger partial charge in [-0.1, -0.05) is 12.1 Å². The highest BCUT2D eigenvalue weighted by atomic mass is 32.1. The van der Waals surface area contributed by atoms with Crippen molar-refractivity contribution in [3.05, 3.63) is 47.9 Å². The number of rotatable bonds is 2. The molecule has 0 bridgehead atoms.